The Labute approximate surface area is 118 Å². The third-order valence-corrected chi connectivity index (χ3v) is 4.13. The van der Waals surface area contributed by atoms with Gasteiger partial charge in [-0.05, 0) is 35.1 Å². The second kappa shape index (κ2) is 6.80. The number of hydrogen-bond donors (Lipinski definition) is 2. The van der Waals surface area contributed by atoms with Gasteiger partial charge in [0.1, 0.15) is 6.10 Å². The van der Waals surface area contributed by atoms with E-state index in [0.717, 1.165) is 11.4 Å². The highest BCUT2D eigenvalue weighted by Gasteiger charge is 2.24. The maximum absolute atomic E-state index is 10.5. The standard InChI is InChI=1S/C15H20N2OS/c1-11(2)14(15(18)13-4-3-9-19-13)17-10-12-5-7-16-8-6-12/h3-9,11,14-15,17-18H,10H2,1-2H3. The normalized spacial score (nSPS) is 14.5. The maximum Gasteiger partial charge on any atom is 0.104 e. The molecule has 2 rings (SSSR count). The van der Waals surface area contributed by atoms with Crippen molar-refractivity contribution in [2.75, 3.05) is 0 Å². The lowest BCUT2D eigenvalue weighted by molar-refractivity contribution is 0.107. The van der Waals surface area contributed by atoms with Gasteiger partial charge in [-0.15, -0.1) is 11.3 Å². The first-order valence-corrected chi connectivity index (χ1v) is 7.40. The molecule has 0 bridgehead atoms. The summed E-state index contributed by atoms with van der Waals surface area (Å²) < 4.78 is 0. The van der Waals surface area contributed by atoms with Crippen LogP contribution in [0, 0.1) is 5.92 Å². The number of hydrogen-bond acceptors (Lipinski definition) is 4. The quantitative estimate of drug-likeness (QED) is 0.852. The van der Waals surface area contributed by atoms with Gasteiger partial charge in [0.2, 0.25) is 0 Å². The molecule has 19 heavy (non-hydrogen) atoms. The van der Waals surface area contributed by atoms with Crippen LogP contribution in [0.2, 0.25) is 0 Å². The summed E-state index contributed by atoms with van der Waals surface area (Å²) in [4.78, 5) is 5.02. The highest BCUT2D eigenvalue weighted by atomic mass is 32.1. The lowest BCUT2D eigenvalue weighted by atomic mass is 9.97. The van der Waals surface area contributed by atoms with E-state index in [1.54, 1.807) is 23.7 Å². The molecule has 0 radical (unpaired) electrons. The van der Waals surface area contributed by atoms with Gasteiger partial charge in [0.25, 0.3) is 0 Å². The van der Waals surface area contributed by atoms with E-state index in [-0.39, 0.29) is 6.04 Å². The molecule has 0 aliphatic carbocycles. The zero-order chi connectivity index (χ0) is 13.7. The van der Waals surface area contributed by atoms with Gasteiger partial charge in [0.15, 0.2) is 0 Å². The van der Waals surface area contributed by atoms with Gasteiger partial charge in [-0.3, -0.25) is 4.98 Å². The molecule has 2 N–H and O–H groups in total. The Kier molecular flexibility index (Phi) is 5.07. The Hall–Kier alpha value is -1.23. The molecule has 0 spiro atoms. The minimum atomic E-state index is -0.457. The molecule has 0 saturated heterocycles. The summed E-state index contributed by atoms with van der Waals surface area (Å²) >= 11 is 1.60. The van der Waals surface area contributed by atoms with Crippen molar-refractivity contribution in [3.63, 3.8) is 0 Å². The second-order valence-corrected chi connectivity index (χ2v) is 5.95. The Balaban J connectivity index is 2.01. The van der Waals surface area contributed by atoms with Crippen molar-refractivity contribution in [1.82, 2.24) is 10.3 Å². The fourth-order valence-electron chi connectivity index (χ4n) is 2.08. The summed E-state index contributed by atoms with van der Waals surface area (Å²) in [6, 6.07) is 7.98. The Morgan fingerprint density at radius 2 is 2.00 bits per heavy atom. The second-order valence-electron chi connectivity index (χ2n) is 4.97. The largest absolute Gasteiger partial charge is 0.386 e. The summed E-state index contributed by atoms with van der Waals surface area (Å²) in [6.07, 6.45) is 3.12. The van der Waals surface area contributed by atoms with Crippen LogP contribution in [0.3, 0.4) is 0 Å². The maximum atomic E-state index is 10.5. The lowest BCUT2D eigenvalue weighted by Gasteiger charge is -2.27. The van der Waals surface area contributed by atoms with E-state index in [1.807, 2.05) is 29.6 Å². The smallest absolute Gasteiger partial charge is 0.104 e. The van der Waals surface area contributed by atoms with Gasteiger partial charge < -0.3 is 10.4 Å². The first-order chi connectivity index (χ1) is 9.18. The summed E-state index contributed by atoms with van der Waals surface area (Å²) in [5, 5.41) is 15.9. The first-order valence-electron chi connectivity index (χ1n) is 6.52. The van der Waals surface area contributed by atoms with E-state index in [4.69, 9.17) is 0 Å². The van der Waals surface area contributed by atoms with E-state index in [0.29, 0.717) is 5.92 Å². The van der Waals surface area contributed by atoms with Gasteiger partial charge in [0.05, 0.1) is 0 Å². The average Bonchev–Trinajstić information content (AvgIpc) is 2.93. The number of pyridine rings is 1. The Bertz CT molecular complexity index is 470. The molecule has 4 heteroatoms. The number of nitrogens with one attached hydrogen (secondary N) is 1. The molecule has 0 aliphatic heterocycles. The van der Waals surface area contributed by atoms with Crippen molar-refractivity contribution in [2.24, 2.45) is 5.92 Å². The number of aromatic nitrogens is 1. The van der Waals surface area contributed by atoms with E-state index < -0.39 is 6.10 Å². The molecule has 0 aliphatic rings. The van der Waals surface area contributed by atoms with Gasteiger partial charge >= 0.3 is 0 Å². The van der Waals surface area contributed by atoms with Gasteiger partial charge in [0, 0.05) is 29.9 Å². The van der Waals surface area contributed by atoms with Crippen LogP contribution in [0.5, 0.6) is 0 Å². The lowest BCUT2D eigenvalue weighted by Crippen LogP contribution is -2.38. The van der Waals surface area contributed by atoms with Crippen LogP contribution in [0.25, 0.3) is 0 Å². The topological polar surface area (TPSA) is 45.2 Å². The zero-order valence-electron chi connectivity index (χ0n) is 11.3. The van der Waals surface area contributed by atoms with E-state index in [1.165, 1.54) is 5.56 Å². The van der Waals surface area contributed by atoms with E-state index >= 15 is 0 Å². The predicted molar refractivity (Wildman–Crippen MR) is 79.0 cm³/mol. The molecule has 0 amide bonds. The zero-order valence-corrected chi connectivity index (χ0v) is 12.1. The predicted octanol–water partition coefficient (Wildman–Crippen LogP) is 2.99. The average molecular weight is 276 g/mol. The van der Waals surface area contributed by atoms with Gasteiger partial charge in [-0.1, -0.05) is 19.9 Å². The van der Waals surface area contributed by atoms with Crippen LogP contribution < -0.4 is 5.32 Å². The third-order valence-electron chi connectivity index (χ3n) is 3.18. The number of aliphatic hydroxyl groups excluding tert-OH is 1. The van der Waals surface area contributed by atoms with Crippen molar-refractivity contribution in [3.05, 3.63) is 52.5 Å². The van der Waals surface area contributed by atoms with Crippen LogP contribution in [0.4, 0.5) is 0 Å². The molecule has 2 atom stereocenters. The minimum Gasteiger partial charge on any atom is -0.386 e. The SMILES string of the molecule is CC(C)C(NCc1ccncc1)C(O)c1cccs1. The number of nitrogens with zero attached hydrogens (tertiary/aromatic N) is 1. The summed E-state index contributed by atoms with van der Waals surface area (Å²) in [5.74, 6) is 0.360. The van der Waals surface area contributed by atoms with E-state index in [2.05, 4.69) is 24.1 Å². The molecule has 2 aromatic rings. The van der Waals surface area contributed by atoms with Crippen molar-refractivity contribution in [3.8, 4) is 0 Å². The summed E-state index contributed by atoms with van der Waals surface area (Å²) in [6.45, 7) is 5.00. The molecule has 2 unspecified atom stereocenters. The molecule has 3 nitrogen and oxygen atoms in total. The van der Waals surface area contributed by atoms with Crippen LogP contribution in [0.1, 0.15) is 30.4 Å². The molecule has 2 heterocycles. The first kappa shape index (κ1) is 14.2. The summed E-state index contributed by atoms with van der Waals surface area (Å²) in [5.41, 5.74) is 1.18. The molecular formula is C15H20N2OS. The molecule has 0 aromatic carbocycles. The van der Waals surface area contributed by atoms with Crippen molar-refractivity contribution >= 4 is 11.3 Å². The highest BCUT2D eigenvalue weighted by Crippen LogP contribution is 2.25. The van der Waals surface area contributed by atoms with Gasteiger partial charge in [-0.2, -0.15) is 0 Å². The molecule has 2 aromatic heterocycles. The number of aliphatic hydroxyl groups is 1. The van der Waals surface area contributed by atoms with Crippen molar-refractivity contribution < 1.29 is 5.11 Å². The van der Waals surface area contributed by atoms with Gasteiger partial charge in [-0.25, -0.2) is 0 Å². The fourth-order valence-corrected chi connectivity index (χ4v) is 2.84. The van der Waals surface area contributed by atoms with Crippen LogP contribution >= 0.6 is 11.3 Å². The number of thiophene rings is 1. The molecule has 102 valence electrons. The third kappa shape index (κ3) is 3.86. The molecule has 0 saturated carbocycles. The van der Waals surface area contributed by atoms with Crippen molar-refractivity contribution in [2.45, 2.75) is 32.5 Å². The Morgan fingerprint density at radius 3 is 2.58 bits per heavy atom. The summed E-state index contributed by atoms with van der Waals surface area (Å²) in [7, 11) is 0. The molecular weight excluding hydrogens is 256 g/mol. The fraction of sp³-hybridized carbons (Fsp3) is 0.400. The highest BCUT2D eigenvalue weighted by molar-refractivity contribution is 7.10. The Morgan fingerprint density at radius 1 is 1.26 bits per heavy atom. The van der Waals surface area contributed by atoms with Crippen LogP contribution in [0.15, 0.2) is 42.0 Å². The number of rotatable bonds is 6. The van der Waals surface area contributed by atoms with Crippen LogP contribution in [-0.2, 0) is 6.54 Å². The molecule has 0 fully saturated rings. The van der Waals surface area contributed by atoms with E-state index in [9.17, 15) is 5.11 Å². The monoisotopic (exact) mass is 276 g/mol. The van der Waals surface area contributed by atoms with Crippen LogP contribution in [-0.4, -0.2) is 16.1 Å². The minimum absolute atomic E-state index is 0.0480. The van der Waals surface area contributed by atoms with Crippen molar-refractivity contribution in [1.29, 1.82) is 0 Å².